The van der Waals surface area contributed by atoms with Crippen molar-refractivity contribution in [3.8, 4) is 0 Å². The van der Waals surface area contributed by atoms with Crippen LogP contribution in [0.15, 0.2) is 41.3 Å². The molecule has 5 heteroatoms. The molecule has 1 aliphatic rings. The van der Waals surface area contributed by atoms with Gasteiger partial charge in [0.05, 0.1) is 12.2 Å². The second-order valence-electron chi connectivity index (χ2n) is 4.17. The Kier molecular flexibility index (Phi) is 2.83. The molecule has 0 unspecified atom stereocenters. The van der Waals surface area contributed by atoms with E-state index in [1.165, 1.54) is 6.33 Å². The molecule has 0 atom stereocenters. The molecule has 3 rings (SSSR count). The minimum Gasteiger partial charge on any atom is -0.328 e. The van der Waals surface area contributed by atoms with E-state index in [1.54, 1.807) is 11.1 Å². The Morgan fingerprint density at radius 2 is 2.22 bits per heavy atom. The Hall–Kier alpha value is -1.75. The minimum atomic E-state index is 0.0225. The summed E-state index contributed by atoms with van der Waals surface area (Å²) in [5, 5.41) is 0. The molecule has 4 nitrogen and oxygen atoms in total. The molecule has 2 heterocycles. The monoisotopic (exact) mass is 303 g/mol. The van der Waals surface area contributed by atoms with Gasteiger partial charge in [0, 0.05) is 28.3 Å². The zero-order chi connectivity index (χ0) is 12.5. The van der Waals surface area contributed by atoms with Crippen LogP contribution in [0.3, 0.4) is 0 Å². The van der Waals surface area contributed by atoms with Crippen LogP contribution in [-0.2, 0) is 13.1 Å². The van der Waals surface area contributed by atoms with Gasteiger partial charge in [-0.2, -0.15) is 0 Å². The number of hydrogen-bond donors (Lipinski definition) is 0. The third kappa shape index (κ3) is 2.01. The summed E-state index contributed by atoms with van der Waals surface area (Å²) in [7, 11) is 0. The molecule has 0 saturated carbocycles. The van der Waals surface area contributed by atoms with Gasteiger partial charge in [-0.05, 0) is 18.2 Å². The van der Waals surface area contributed by atoms with Crippen molar-refractivity contribution in [2.75, 3.05) is 0 Å². The summed E-state index contributed by atoms with van der Waals surface area (Å²) in [6, 6.07) is 7.42. The lowest BCUT2D eigenvalue weighted by atomic mass is 10.2. The van der Waals surface area contributed by atoms with Gasteiger partial charge in [-0.1, -0.05) is 22.0 Å². The molecule has 0 fully saturated rings. The Balaban J connectivity index is 1.84. The van der Waals surface area contributed by atoms with Crippen molar-refractivity contribution in [3.05, 3.63) is 58.1 Å². The van der Waals surface area contributed by atoms with Crippen LogP contribution in [0.4, 0.5) is 0 Å². The van der Waals surface area contributed by atoms with Gasteiger partial charge in [0.2, 0.25) is 0 Å². The van der Waals surface area contributed by atoms with Crippen LogP contribution in [-0.4, -0.2) is 20.8 Å². The third-order valence-electron chi connectivity index (χ3n) is 2.94. The van der Waals surface area contributed by atoms with E-state index in [1.807, 2.05) is 24.3 Å². The van der Waals surface area contributed by atoms with Crippen LogP contribution in [0.5, 0.6) is 0 Å². The fraction of sp³-hybridized carbons (Fsp3) is 0.154. The van der Waals surface area contributed by atoms with Crippen molar-refractivity contribution < 1.29 is 4.79 Å². The van der Waals surface area contributed by atoms with E-state index in [4.69, 9.17) is 0 Å². The highest BCUT2D eigenvalue weighted by atomic mass is 79.9. The highest BCUT2D eigenvalue weighted by Crippen LogP contribution is 2.22. The summed E-state index contributed by atoms with van der Waals surface area (Å²) < 4.78 is 0.907. The molecule has 0 bridgehead atoms. The van der Waals surface area contributed by atoms with Crippen molar-refractivity contribution >= 4 is 21.8 Å². The second kappa shape index (κ2) is 4.49. The standard InChI is InChI=1S/C13H10BrN3O/c14-11-3-1-2-9(4-11)13(18)17-6-10-5-15-8-16-12(10)7-17/h1-5,8H,6-7H2. The number of nitrogens with zero attached hydrogens (tertiary/aromatic N) is 3. The number of halogens is 1. The summed E-state index contributed by atoms with van der Waals surface area (Å²) in [4.78, 5) is 22.3. The average molecular weight is 304 g/mol. The first-order valence-corrected chi connectivity index (χ1v) is 6.36. The van der Waals surface area contributed by atoms with Gasteiger partial charge in [0.1, 0.15) is 6.33 Å². The summed E-state index contributed by atoms with van der Waals surface area (Å²) in [6.45, 7) is 1.14. The molecule has 1 aromatic heterocycles. The largest absolute Gasteiger partial charge is 0.328 e. The molecular weight excluding hydrogens is 294 g/mol. The molecule has 18 heavy (non-hydrogen) atoms. The Labute approximate surface area is 113 Å². The first-order valence-electron chi connectivity index (χ1n) is 5.56. The molecule has 0 N–H and O–H groups in total. The predicted octanol–water partition coefficient (Wildman–Crippen LogP) is 2.40. The molecule has 0 spiro atoms. The summed E-state index contributed by atoms with van der Waals surface area (Å²) >= 11 is 3.37. The average Bonchev–Trinajstić information content (AvgIpc) is 2.81. The topological polar surface area (TPSA) is 46.1 Å². The number of fused-ring (bicyclic) bond motifs is 1. The number of carbonyl (C=O) groups excluding carboxylic acids is 1. The van der Waals surface area contributed by atoms with Gasteiger partial charge in [-0.15, -0.1) is 0 Å². The lowest BCUT2D eigenvalue weighted by molar-refractivity contribution is 0.0750. The van der Waals surface area contributed by atoms with Gasteiger partial charge in [-0.3, -0.25) is 4.79 Å². The molecule has 1 aromatic carbocycles. The van der Waals surface area contributed by atoms with Gasteiger partial charge in [-0.25, -0.2) is 9.97 Å². The van der Waals surface area contributed by atoms with E-state index in [0.717, 1.165) is 15.7 Å². The van der Waals surface area contributed by atoms with E-state index < -0.39 is 0 Å². The van der Waals surface area contributed by atoms with Gasteiger partial charge < -0.3 is 4.90 Å². The van der Waals surface area contributed by atoms with Gasteiger partial charge in [0.25, 0.3) is 5.91 Å². The highest BCUT2D eigenvalue weighted by molar-refractivity contribution is 9.10. The number of benzene rings is 1. The fourth-order valence-corrected chi connectivity index (χ4v) is 2.45. The van der Waals surface area contributed by atoms with Crippen molar-refractivity contribution in [3.63, 3.8) is 0 Å². The predicted molar refractivity (Wildman–Crippen MR) is 69.8 cm³/mol. The number of hydrogen-bond acceptors (Lipinski definition) is 3. The Bertz CT molecular complexity index is 590. The fourth-order valence-electron chi connectivity index (χ4n) is 2.05. The Morgan fingerprint density at radius 3 is 3.00 bits per heavy atom. The van der Waals surface area contributed by atoms with E-state index in [0.29, 0.717) is 18.7 Å². The van der Waals surface area contributed by atoms with Crippen LogP contribution >= 0.6 is 15.9 Å². The van der Waals surface area contributed by atoms with E-state index in [2.05, 4.69) is 25.9 Å². The second-order valence-corrected chi connectivity index (χ2v) is 5.08. The van der Waals surface area contributed by atoms with Gasteiger partial charge in [0.15, 0.2) is 0 Å². The number of rotatable bonds is 1. The normalized spacial score (nSPS) is 13.5. The Morgan fingerprint density at radius 1 is 1.33 bits per heavy atom. The summed E-state index contributed by atoms with van der Waals surface area (Å²) in [5.74, 6) is 0.0225. The first kappa shape index (κ1) is 11.3. The van der Waals surface area contributed by atoms with Crippen molar-refractivity contribution in [2.24, 2.45) is 0 Å². The smallest absolute Gasteiger partial charge is 0.254 e. The lowest BCUT2D eigenvalue weighted by Gasteiger charge is -2.15. The molecular formula is C13H10BrN3O. The first-order chi connectivity index (χ1) is 8.74. The van der Waals surface area contributed by atoms with Crippen LogP contribution < -0.4 is 0 Å². The summed E-state index contributed by atoms with van der Waals surface area (Å²) in [5.41, 5.74) is 2.65. The van der Waals surface area contributed by atoms with Crippen LogP contribution in [0.1, 0.15) is 21.6 Å². The maximum atomic E-state index is 12.3. The van der Waals surface area contributed by atoms with Crippen LogP contribution in [0.25, 0.3) is 0 Å². The van der Waals surface area contributed by atoms with E-state index in [9.17, 15) is 4.79 Å². The molecule has 90 valence electrons. The zero-order valence-corrected chi connectivity index (χ0v) is 11.1. The molecule has 0 saturated heterocycles. The van der Waals surface area contributed by atoms with Gasteiger partial charge >= 0.3 is 0 Å². The van der Waals surface area contributed by atoms with Crippen molar-refractivity contribution in [1.29, 1.82) is 0 Å². The third-order valence-corrected chi connectivity index (χ3v) is 3.44. The number of aromatic nitrogens is 2. The number of amides is 1. The van der Waals surface area contributed by atoms with Crippen molar-refractivity contribution in [1.82, 2.24) is 14.9 Å². The molecule has 0 aliphatic carbocycles. The van der Waals surface area contributed by atoms with Crippen molar-refractivity contribution in [2.45, 2.75) is 13.1 Å². The molecule has 1 aliphatic heterocycles. The quantitative estimate of drug-likeness (QED) is 0.812. The maximum absolute atomic E-state index is 12.3. The SMILES string of the molecule is O=C(c1cccc(Br)c1)N1Cc2cncnc2C1. The maximum Gasteiger partial charge on any atom is 0.254 e. The molecule has 2 aromatic rings. The van der Waals surface area contributed by atoms with Crippen LogP contribution in [0, 0.1) is 0 Å². The van der Waals surface area contributed by atoms with E-state index in [-0.39, 0.29) is 5.91 Å². The zero-order valence-electron chi connectivity index (χ0n) is 9.51. The minimum absolute atomic E-state index is 0.0225. The number of carbonyl (C=O) groups is 1. The van der Waals surface area contributed by atoms with Crippen LogP contribution in [0.2, 0.25) is 0 Å². The highest BCUT2D eigenvalue weighted by Gasteiger charge is 2.25. The summed E-state index contributed by atoms with van der Waals surface area (Å²) in [6.07, 6.45) is 3.29. The molecule has 0 radical (unpaired) electrons. The molecule has 1 amide bonds. The lowest BCUT2D eigenvalue weighted by Crippen LogP contribution is -2.25. The van der Waals surface area contributed by atoms with E-state index >= 15 is 0 Å².